The molecular weight excluding hydrogens is 250 g/mol. The number of aromatic nitrogens is 1. The molecule has 20 heavy (non-hydrogen) atoms. The SMILES string of the molecule is Cc1nc(N2CC(C)OCC2C)ccc1CNC1CC1. The van der Waals surface area contributed by atoms with Crippen LogP contribution >= 0.6 is 0 Å². The molecule has 1 aromatic rings. The summed E-state index contributed by atoms with van der Waals surface area (Å²) >= 11 is 0. The Morgan fingerprint density at radius 3 is 2.85 bits per heavy atom. The van der Waals surface area contributed by atoms with E-state index in [1.165, 1.54) is 18.4 Å². The van der Waals surface area contributed by atoms with Crippen molar-refractivity contribution in [2.75, 3.05) is 18.1 Å². The third-order valence-electron chi connectivity index (χ3n) is 4.24. The number of hydrogen-bond donors (Lipinski definition) is 1. The van der Waals surface area contributed by atoms with Gasteiger partial charge in [-0.3, -0.25) is 0 Å². The van der Waals surface area contributed by atoms with Crippen molar-refractivity contribution in [3.05, 3.63) is 23.4 Å². The highest BCUT2D eigenvalue weighted by Crippen LogP contribution is 2.23. The Kier molecular flexibility index (Phi) is 3.94. The number of morpholine rings is 1. The van der Waals surface area contributed by atoms with Gasteiger partial charge in [0.1, 0.15) is 5.82 Å². The normalized spacial score (nSPS) is 26.9. The molecule has 2 heterocycles. The van der Waals surface area contributed by atoms with Crippen molar-refractivity contribution in [3.63, 3.8) is 0 Å². The minimum Gasteiger partial charge on any atom is -0.375 e. The van der Waals surface area contributed by atoms with Crippen LogP contribution in [0.4, 0.5) is 5.82 Å². The highest BCUT2D eigenvalue weighted by Gasteiger charge is 2.25. The van der Waals surface area contributed by atoms with Crippen LogP contribution in [-0.2, 0) is 11.3 Å². The smallest absolute Gasteiger partial charge is 0.129 e. The predicted octanol–water partition coefficient (Wildman–Crippen LogP) is 2.26. The van der Waals surface area contributed by atoms with Gasteiger partial charge in [-0.2, -0.15) is 0 Å². The van der Waals surface area contributed by atoms with Gasteiger partial charge in [-0.05, 0) is 45.2 Å². The van der Waals surface area contributed by atoms with Gasteiger partial charge in [0.15, 0.2) is 0 Å². The van der Waals surface area contributed by atoms with Crippen LogP contribution in [-0.4, -0.2) is 36.3 Å². The van der Waals surface area contributed by atoms with Gasteiger partial charge in [0.25, 0.3) is 0 Å². The van der Waals surface area contributed by atoms with E-state index in [-0.39, 0.29) is 6.10 Å². The maximum atomic E-state index is 5.69. The van der Waals surface area contributed by atoms with Crippen LogP contribution in [0, 0.1) is 6.92 Å². The fourth-order valence-electron chi connectivity index (χ4n) is 2.69. The first-order valence-corrected chi connectivity index (χ1v) is 7.71. The van der Waals surface area contributed by atoms with E-state index in [2.05, 4.69) is 43.1 Å². The Balaban J connectivity index is 1.71. The highest BCUT2D eigenvalue weighted by atomic mass is 16.5. The summed E-state index contributed by atoms with van der Waals surface area (Å²) < 4.78 is 5.69. The van der Waals surface area contributed by atoms with Crippen molar-refractivity contribution in [2.24, 2.45) is 0 Å². The lowest BCUT2D eigenvalue weighted by Gasteiger charge is -2.37. The highest BCUT2D eigenvalue weighted by molar-refractivity contribution is 5.43. The Morgan fingerprint density at radius 2 is 2.15 bits per heavy atom. The van der Waals surface area contributed by atoms with Gasteiger partial charge < -0.3 is 15.0 Å². The van der Waals surface area contributed by atoms with Gasteiger partial charge in [-0.25, -0.2) is 4.98 Å². The number of pyridine rings is 1. The van der Waals surface area contributed by atoms with E-state index in [1.807, 2.05) is 0 Å². The number of rotatable bonds is 4. The topological polar surface area (TPSA) is 37.4 Å². The van der Waals surface area contributed by atoms with Crippen molar-refractivity contribution >= 4 is 5.82 Å². The van der Waals surface area contributed by atoms with E-state index < -0.39 is 0 Å². The molecule has 4 heteroatoms. The van der Waals surface area contributed by atoms with Crippen molar-refractivity contribution in [2.45, 2.75) is 58.3 Å². The minimum atomic E-state index is 0.282. The van der Waals surface area contributed by atoms with Crippen molar-refractivity contribution in [1.82, 2.24) is 10.3 Å². The molecule has 1 saturated carbocycles. The van der Waals surface area contributed by atoms with Crippen LogP contribution in [0.15, 0.2) is 12.1 Å². The van der Waals surface area contributed by atoms with Crippen LogP contribution < -0.4 is 10.2 Å². The zero-order valence-corrected chi connectivity index (χ0v) is 12.7. The van der Waals surface area contributed by atoms with Crippen LogP contribution in [0.3, 0.4) is 0 Å². The second-order valence-corrected chi connectivity index (χ2v) is 6.21. The van der Waals surface area contributed by atoms with Crippen LogP contribution in [0.1, 0.15) is 37.9 Å². The van der Waals surface area contributed by atoms with Gasteiger partial charge in [0, 0.05) is 24.8 Å². The molecule has 2 fully saturated rings. The zero-order chi connectivity index (χ0) is 14.1. The third kappa shape index (κ3) is 3.13. The molecule has 1 aromatic heterocycles. The molecule has 0 spiro atoms. The summed E-state index contributed by atoms with van der Waals surface area (Å²) in [7, 11) is 0. The lowest BCUT2D eigenvalue weighted by Crippen LogP contribution is -2.47. The third-order valence-corrected chi connectivity index (χ3v) is 4.24. The Morgan fingerprint density at radius 1 is 1.35 bits per heavy atom. The average molecular weight is 275 g/mol. The molecule has 110 valence electrons. The van der Waals surface area contributed by atoms with Crippen molar-refractivity contribution in [3.8, 4) is 0 Å². The molecule has 1 aliphatic heterocycles. The van der Waals surface area contributed by atoms with Crippen LogP contribution in [0.25, 0.3) is 0 Å². The average Bonchev–Trinajstić information content (AvgIpc) is 3.24. The molecule has 4 nitrogen and oxygen atoms in total. The number of hydrogen-bond acceptors (Lipinski definition) is 4. The summed E-state index contributed by atoms with van der Waals surface area (Å²) in [5.41, 5.74) is 2.46. The summed E-state index contributed by atoms with van der Waals surface area (Å²) in [6, 6.07) is 5.52. The molecular formula is C16H25N3O. The summed E-state index contributed by atoms with van der Waals surface area (Å²) in [5, 5.41) is 3.55. The van der Waals surface area contributed by atoms with Gasteiger partial charge >= 0.3 is 0 Å². The number of aryl methyl sites for hydroxylation is 1. The lowest BCUT2D eigenvalue weighted by molar-refractivity contribution is 0.0340. The molecule has 1 N–H and O–H groups in total. The second-order valence-electron chi connectivity index (χ2n) is 6.21. The van der Waals surface area contributed by atoms with Gasteiger partial charge in [-0.1, -0.05) is 6.07 Å². The molecule has 2 aliphatic rings. The van der Waals surface area contributed by atoms with E-state index in [1.54, 1.807) is 0 Å². The molecule has 0 bridgehead atoms. The first kappa shape index (κ1) is 13.8. The number of nitrogens with zero attached hydrogens (tertiary/aromatic N) is 2. The van der Waals surface area contributed by atoms with E-state index in [0.29, 0.717) is 6.04 Å². The first-order chi connectivity index (χ1) is 9.63. The summed E-state index contributed by atoms with van der Waals surface area (Å²) in [5.74, 6) is 1.08. The maximum absolute atomic E-state index is 5.69. The van der Waals surface area contributed by atoms with E-state index in [9.17, 15) is 0 Å². The lowest BCUT2D eigenvalue weighted by atomic mass is 10.1. The maximum Gasteiger partial charge on any atom is 0.129 e. The first-order valence-electron chi connectivity index (χ1n) is 7.71. The van der Waals surface area contributed by atoms with E-state index in [4.69, 9.17) is 9.72 Å². The van der Waals surface area contributed by atoms with E-state index >= 15 is 0 Å². The van der Waals surface area contributed by atoms with Crippen molar-refractivity contribution in [1.29, 1.82) is 0 Å². The van der Waals surface area contributed by atoms with Crippen molar-refractivity contribution < 1.29 is 4.74 Å². The largest absolute Gasteiger partial charge is 0.375 e. The number of nitrogens with one attached hydrogen (secondary N) is 1. The monoisotopic (exact) mass is 275 g/mol. The second kappa shape index (κ2) is 5.70. The van der Waals surface area contributed by atoms with Gasteiger partial charge in [0.05, 0.1) is 18.8 Å². The van der Waals surface area contributed by atoms with Crippen LogP contribution in [0.2, 0.25) is 0 Å². The quantitative estimate of drug-likeness (QED) is 0.914. The molecule has 2 unspecified atom stereocenters. The molecule has 1 saturated heterocycles. The molecule has 0 radical (unpaired) electrons. The fraction of sp³-hybridized carbons (Fsp3) is 0.688. The predicted molar refractivity (Wildman–Crippen MR) is 81.1 cm³/mol. The zero-order valence-electron chi connectivity index (χ0n) is 12.7. The summed E-state index contributed by atoms with van der Waals surface area (Å²) in [4.78, 5) is 7.17. The number of ether oxygens (including phenoxy) is 1. The molecule has 0 amide bonds. The Hall–Kier alpha value is -1.13. The molecule has 3 rings (SSSR count). The van der Waals surface area contributed by atoms with Crippen LogP contribution in [0.5, 0.6) is 0 Å². The number of anilines is 1. The fourth-order valence-corrected chi connectivity index (χ4v) is 2.69. The molecule has 1 aliphatic carbocycles. The summed E-state index contributed by atoms with van der Waals surface area (Å²) in [6.07, 6.45) is 2.94. The molecule has 2 atom stereocenters. The minimum absolute atomic E-state index is 0.282. The van der Waals surface area contributed by atoms with Gasteiger partial charge in [0.2, 0.25) is 0 Å². The van der Waals surface area contributed by atoms with Gasteiger partial charge in [-0.15, -0.1) is 0 Å². The van der Waals surface area contributed by atoms with E-state index in [0.717, 1.165) is 37.3 Å². The summed E-state index contributed by atoms with van der Waals surface area (Å²) in [6.45, 7) is 9.09. The Bertz CT molecular complexity index is 473. The standard InChI is InChI=1S/C16H25N3O/c1-11-10-20-12(2)9-19(11)16-7-4-14(13(3)18-16)8-17-15-5-6-15/h4,7,11-12,15,17H,5-6,8-10H2,1-3H3. The molecule has 0 aromatic carbocycles. The Labute approximate surface area is 121 Å².